The molecular weight excluding hydrogens is 456 g/mol. The first-order valence-electron chi connectivity index (χ1n) is 12.9. The highest BCUT2D eigenvalue weighted by molar-refractivity contribution is 5.89. The van der Waals surface area contributed by atoms with E-state index in [2.05, 4.69) is 6.92 Å². The van der Waals surface area contributed by atoms with E-state index in [0.29, 0.717) is 17.5 Å². The molecule has 36 heavy (non-hydrogen) atoms. The lowest BCUT2D eigenvalue weighted by atomic mass is 10.1. The number of aryl methyl sites for hydroxylation is 4. The summed E-state index contributed by atoms with van der Waals surface area (Å²) in [5.41, 5.74) is 4.82. The van der Waals surface area contributed by atoms with Gasteiger partial charge in [-0.3, -0.25) is 9.78 Å². The van der Waals surface area contributed by atoms with Crippen LogP contribution in [-0.2, 0) is 19.6 Å². The zero-order valence-electron chi connectivity index (χ0n) is 22.2. The lowest BCUT2D eigenvalue weighted by molar-refractivity contribution is -0.363. The summed E-state index contributed by atoms with van der Waals surface area (Å²) in [7, 11) is 0. The minimum absolute atomic E-state index is 0.0696. The van der Waals surface area contributed by atoms with E-state index < -0.39 is 11.9 Å². The van der Waals surface area contributed by atoms with Crippen LogP contribution < -0.4 is 0 Å². The molecular formula is C30H40O6. The first-order chi connectivity index (χ1) is 17.3. The molecule has 2 aromatic rings. The van der Waals surface area contributed by atoms with E-state index >= 15 is 0 Å². The predicted molar refractivity (Wildman–Crippen MR) is 140 cm³/mol. The van der Waals surface area contributed by atoms with Gasteiger partial charge < -0.3 is 0 Å². The van der Waals surface area contributed by atoms with Crippen molar-refractivity contribution in [3.63, 3.8) is 0 Å². The highest BCUT2D eigenvalue weighted by Gasteiger charge is 2.22. The molecule has 6 heteroatoms. The van der Waals surface area contributed by atoms with Crippen LogP contribution in [0.5, 0.6) is 0 Å². The molecule has 0 aliphatic heterocycles. The van der Waals surface area contributed by atoms with Gasteiger partial charge in [0.25, 0.3) is 0 Å². The van der Waals surface area contributed by atoms with Gasteiger partial charge in [0.1, 0.15) is 0 Å². The highest BCUT2D eigenvalue weighted by Crippen LogP contribution is 2.20. The molecule has 196 valence electrons. The van der Waals surface area contributed by atoms with Crippen molar-refractivity contribution in [2.75, 3.05) is 0 Å². The van der Waals surface area contributed by atoms with Gasteiger partial charge in [-0.2, -0.15) is 0 Å². The van der Waals surface area contributed by atoms with Crippen molar-refractivity contribution in [1.82, 2.24) is 0 Å². The van der Waals surface area contributed by atoms with Gasteiger partial charge in [-0.05, 0) is 80.6 Å². The second-order valence-electron chi connectivity index (χ2n) is 9.31. The van der Waals surface area contributed by atoms with Crippen LogP contribution in [0.4, 0.5) is 0 Å². The van der Waals surface area contributed by atoms with Crippen LogP contribution in [0.25, 0.3) is 0 Å². The van der Waals surface area contributed by atoms with E-state index in [1.807, 2.05) is 39.8 Å². The third-order valence-electron chi connectivity index (χ3n) is 6.29. The van der Waals surface area contributed by atoms with Crippen LogP contribution in [0, 0.1) is 40.9 Å². The molecule has 0 atom stereocenters. The summed E-state index contributed by atoms with van der Waals surface area (Å²) in [4.78, 5) is 45.2. The molecule has 0 spiro atoms. The Hall–Kier alpha value is -2.70. The average molecular weight is 497 g/mol. The maximum Gasteiger partial charge on any atom is 0.373 e. The van der Waals surface area contributed by atoms with Crippen molar-refractivity contribution in [1.29, 1.82) is 0 Å². The monoisotopic (exact) mass is 496 g/mol. The fourth-order valence-electron chi connectivity index (χ4n) is 3.61. The Morgan fingerprint density at radius 2 is 1.00 bits per heavy atom. The molecule has 0 aliphatic carbocycles. The number of rotatable bonds is 16. The Kier molecular flexibility index (Phi) is 13.2. The molecule has 2 aromatic carbocycles. The molecule has 0 amide bonds. The number of benzene rings is 2. The van der Waals surface area contributed by atoms with E-state index in [1.165, 1.54) is 25.7 Å². The molecule has 0 aliphatic rings. The van der Waals surface area contributed by atoms with Crippen LogP contribution in [0.15, 0.2) is 36.4 Å². The molecule has 0 heterocycles. The lowest BCUT2D eigenvalue weighted by Crippen LogP contribution is -2.16. The van der Waals surface area contributed by atoms with Gasteiger partial charge >= 0.3 is 18.2 Å². The molecule has 0 saturated carbocycles. The van der Waals surface area contributed by atoms with Crippen molar-refractivity contribution >= 4 is 11.9 Å². The molecule has 2 radical (unpaired) electrons. The molecule has 0 aromatic heterocycles. The standard InChI is InChI=1S/C30H40O6/c1-6-7-8-9-10-11-12-13-14-15-28(33-35-29(31)26-18-16-22(2)24(4)20-26)34-36-30(32)27-19-17-23(3)25(5)21-27/h16-21H,1,6-15H2,2-5H3. The minimum Gasteiger partial charge on any atom is -0.289 e. The van der Waals surface area contributed by atoms with Gasteiger partial charge in [0.2, 0.25) is 0 Å². The maximum absolute atomic E-state index is 12.4. The third kappa shape index (κ3) is 10.5. The SMILES string of the molecule is [CH2]CCCCCCCCCC[C](OOC(=O)c1ccc(C)c(C)c1)OOC(=O)c1ccc(C)c(C)c1. The number of hydrogen-bond acceptors (Lipinski definition) is 6. The number of carbonyl (C=O) groups excluding carboxylic acids is 2. The van der Waals surface area contributed by atoms with Gasteiger partial charge in [0.15, 0.2) is 0 Å². The van der Waals surface area contributed by atoms with Gasteiger partial charge in [-0.15, -0.1) is 9.78 Å². The van der Waals surface area contributed by atoms with Crippen molar-refractivity contribution in [2.24, 2.45) is 0 Å². The van der Waals surface area contributed by atoms with E-state index in [0.717, 1.165) is 54.4 Å². The lowest BCUT2D eigenvalue weighted by Gasteiger charge is -2.14. The number of unbranched alkanes of at least 4 members (excludes halogenated alkanes) is 8. The summed E-state index contributed by atoms with van der Waals surface area (Å²) in [6.45, 7) is 11.6. The molecule has 0 fully saturated rings. The summed E-state index contributed by atoms with van der Waals surface area (Å²) in [5, 5.41) is 0. The fraction of sp³-hybridized carbons (Fsp3) is 0.467. The van der Waals surface area contributed by atoms with Gasteiger partial charge in [-0.1, -0.05) is 70.4 Å². The predicted octanol–water partition coefficient (Wildman–Crippen LogP) is 8.02. The molecule has 0 bridgehead atoms. The Balaban J connectivity index is 1.86. The van der Waals surface area contributed by atoms with Crippen LogP contribution in [-0.4, -0.2) is 11.9 Å². The molecule has 2 rings (SSSR count). The summed E-state index contributed by atoms with van der Waals surface area (Å²) in [6, 6.07) is 10.5. The molecule has 6 nitrogen and oxygen atoms in total. The van der Waals surface area contributed by atoms with E-state index in [1.54, 1.807) is 24.3 Å². The minimum atomic E-state index is -0.651. The summed E-state index contributed by atoms with van der Waals surface area (Å²) < 4.78 is 0. The Labute approximate surface area is 216 Å². The highest BCUT2D eigenvalue weighted by atomic mass is 17.3. The van der Waals surface area contributed by atoms with Crippen molar-refractivity contribution in [2.45, 2.75) is 91.9 Å². The van der Waals surface area contributed by atoms with Crippen LogP contribution >= 0.6 is 0 Å². The Bertz CT molecular complexity index is 900. The zero-order chi connectivity index (χ0) is 26.3. The second-order valence-corrected chi connectivity index (χ2v) is 9.31. The van der Waals surface area contributed by atoms with Crippen molar-refractivity contribution in [3.05, 3.63) is 83.0 Å². The quantitative estimate of drug-likeness (QED) is 0.133. The normalized spacial score (nSPS) is 11.1. The molecule has 0 unspecified atom stereocenters. The van der Waals surface area contributed by atoms with E-state index in [-0.39, 0.29) is 6.29 Å². The van der Waals surface area contributed by atoms with Crippen LogP contribution in [0.2, 0.25) is 0 Å². The Morgan fingerprint density at radius 3 is 1.42 bits per heavy atom. The largest absolute Gasteiger partial charge is 0.373 e. The van der Waals surface area contributed by atoms with Crippen molar-refractivity contribution < 1.29 is 29.1 Å². The zero-order valence-corrected chi connectivity index (χ0v) is 22.2. The Morgan fingerprint density at radius 1 is 0.583 bits per heavy atom. The number of hydrogen-bond donors (Lipinski definition) is 0. The molecule has 0 saturated heterocycles. The molecule has 0 N–H and O–H groups in total. The van der Waals surface area contributed by atoms with Crippen LogP contribution in [0.1, 0.15) is 107 Å². The maximum atomic E-state index is 12.4. The summed E-state index contributed by atoms with van der Waals surface area (Å²) >= 11 is 0. The smallest absolute Gasteiger partial charge is 0.289 e. The first-order valence-corrected chi connectivity index (χ1v) is 12.9. The van der Waals surface area contributed by atoms with E-state index in [4.69, 9.17) is 19.6 Å². The summed E-state index contributed by atoms with van der Waals surface area (Å²) in [6.07, 6.45) is 10.1. The third-order valence-corrected chi connectivity index (χ3v) is 6.29. The fourth-order valence-corrected chi connectivity index (χ4v) is 3.61. The van der Waals surface area contributed by atoms with Gasteiger partial charge in [-0.25, -0.2) is 9.59 Å². The van der Waals surface area contributed by atoms with Crippen LogP contribution in [0.3, 0.4) is 0 Å². The average Bonchev–Trinajstić information content (AvgIpc) is 2.87. The van der Waals surface area contributed by atoms with Gasteiger partial charge in [0.05, 0.1) is 11.1 Å². The van der Waals surface area contributed by atoms with Gasteiger partial charge in [0, 0.05) is 6.42 Å². The second kappa shape index (κ2) is 16.1. The first kappa shape index (κ1) is 29.5. The number of carbonyl (C=O) groups is 2. The van der Waals surface area contributed by atoms with E-state index in [9.17, 15) is 9.59 Å². The topological polar surface area (TPSA) is 71.1 Å². The summed E-state index contributed by atoms with van der Waals surface area (Å²) in [5.74, 6) is -1.30. The van der Waals surface area contributed by atoms with Crippen molar-refractivity contribution in [3.8, 4) is 0 Å².